The number of thiophene rings is 1. The van der Waals surface area contributed by atoms with Crippen LogP contribution in [-0.2, 0) is 24.8 Å². The number of rotatable bonds is 8. The molecule has 2 bridgehead atoms. The van der Waals surface area contributed by atoms with Crippen LogP contribution in [-0.4, -0.2) is 50.8 Å². The van der Waals surface area contributed by atoms with Crippen molar-refractivity contribution in [3.8, 4) is 27.6 Å². The SMILES string of the molecule is COc1c(F)ccc2c1CC(F)C2Nc1nccc2cc(-c3c4c(nc(CCc5ccc(F)cc5)c3-c3n[nH]c(=O)o3)C35CC(CN3C4=O)C5)sc12. The molecule has 10 nitrogen and oxygen atoms in total. The van der Waals surface area contributed by atoms with Crippen molar-refractivity contribution in [3.05, 3.63) is 111 Å². The number of hydrogen-bond donors (Lipinski definition) is 2. The Labute approximate surface area is 297 Å². The number of H-pyrrole nitrogens is 1. The second-order valence-electron chi connectivity index (χ2n) is 14.0. The Morgan fingerprint density at radius 1 is 1.08 bits per heavy atom. The fraction of sp³-hybridized carbons (Fsp3) is 0.289. The molecule has 262 valence electrons. The Balaban J connectivity index is 1.14. The van der Waals surface area contributed by atoms with Gasteiger partial charge in [-0.25, -0.2) is 28.0 Å². The first-order chi connectivity index (χ1) is 25.2. The van der Waals surface area contributed by atoms with Gasteiger partial charge in [-0.05, 0) is 78.4 Å². The summed E-state index contributed by atoms with van der Waals surface area (Å²) in [6, 6.07) is 12.1. The van der Waals surface area contributed by atoms with Crippen LogP contribution in [0.15, 0.2) is 63.9 Å². The van der Waals surface area contributed by atoms with E-state index in [0.29, 0.717) is 74.2 Å². The van der Waals surface area contributed by atoms with E-state index >= 15 is 4.39 Å². The Morgan fingerprint density at radius 2 is 1.90 bits per heavy atom. The van der Waals surface area contributed by atoms with E-state index in [0.717, 1.165) is 29.5 Å². The molecule has 2 saturated heterocycles. The summed E-state index contributed by atoms with van der Waals surface area (Å²) in [6.45, 7) is 0.652. The van der Waals surface area contributed by atoms with Gasteiger partial charge in [0.1, 0.15) is 17.8 Å². The number of fused-ring (bicyclic) bond motifs is 3. The number of ether oxygens (including phenoxy) is 1. The molecular formula is C38H29F3N6O4S. The van der Waals surface area contributed by atoms with Crippen molar-refractivity contribution >= 4 is 33.1 Å². The second-order valence-corrected chi connectivity index (χ2v) is 15.0. The van der Waals surface area contributed by atoms with E-state index in [1.54, 1.807) is 24.4 Å². The summed E-state index contributed by atoms with van der Waals surface area (Å²) < 4.78 is 55.5. The van der Waals surface area contributed by atoms with Crippen molar-refractivity contribution in [1.29, 1.82) is 0 Å². The van der Waals surface area contributed by atoms with Gasteiger partial charge in [-0.15, -0.1) is 16.4 Å². The van der Waals surface area contributed by atoms with Crippen LogP contribution in [0.25, 0.3) is 32.0 Å². The van der Waals surface area contributed by atoms with Crippen molar-refractivity contribution in [2.45, 2.75) is 49.9 Å². The number of amides is 1. The Hall–Kier alpha value is -5.50. The maximum Gasteiger partial charge on any atom is 0.434 e. The van der Waals surface area contributed by atoms with E-state index < -0.39 is 29.3 Å². The minimum atomic E-state index is -1.36. The molecule has 2 aliphatic carbocycles. The molecule has 52 heavy (non-hydrogen) atoms. The van der Waals surface area contributed by atoms with Gasteiger partial charge < -0.3 is 19.4 Å². The summed E-state index contributed by atoms with van der Waals surface area (Å²) in [7, 11) is 1.37. The minimum Gasteiger partial charge on any atom is -0.493 e. The molecule has 7 heterocycles. The average molecular weight is 723 g/mol. The number of carbonyl (C=O) groups is 1. The van der Waals surface area contributed by atoms with Gasteiger partial charge in [0, 0.05) is 35.2 Å². The molecule has 1 amide bonds. The van der Waals surface area contributed by atoms with E-state index in [1.165, 1.54) is 36.6 Å². The Bertz CT molecular complexity index is 2520. The molecular weight excluding hydrogens is 694 g/mol. The van der Waals surface area contributed by atoms with E-state index in [-0.39, 0.29) is 29.8 Å². The fourth-order valence-electron chi connectivity index (χ4n) is 8.85. The number of carbonyl (C=O) groups excluding carboxylic acids is 1. The van der Waals surface area contributed by atoms with E-state index in [4.69, 9.17) is 14.1 Å². The van der Waals surface area contributed by atoms with E-state index in [1.807, 2.05) is 17.0 Å². The summed E-state index contributed by atoms with van der Waals surface area (Å²) in [6.07, 6.45) is 2.82. The van der Waals surface area contributed by atoms with Gasteiger partial charge in [-0.3, -0.25) is 9.78 Å². The molecule has 11 rings (SSSR count). The molecule has 6 aromatic rings. The van der Waals surface area contributed by atoms with E-state index in [9.17, 15) is 18.4 Å². The smallest absolute Gasteiger partial charge is 0.434 e. The molecule has 5 aliphatic rings. The number of pyridine rings is 2. The van der Waals surface area contributed by atoms with Crippen LogP contribution in [0.3, 0.4) is 0 Å². The monoisotopic (exact) mass is 722 g/mol. The molecule has 2 atom stereocenters. The number of nitrogens with one attached hydrogen (secondary N) is 2. The van der Waals surface area contributed by atoms with Gasteiger partial charge in [-0.1, -0.05) is 18.2 Å². The number of aromatic nitrogens is 4. The van der Waals surface area contributed by atoms with Crippen molar-refractivity contribution in [1.82, 2.24) is 25.1 Å². The highest BCUT2D eigenvalue weighted by molar-refractivity contribution is 7.23. The lowest BCUT2D eigenvalue weighted by atomic mass is 9.71. The van der Waals surface area contributed by atoms with Crippen molar-refractivity contribution in [2.24, 2.45) is 5.92 Å². The number of aryl methyl sites for hydroxylation is 2. The molecule has 2 N–H and O–H groups in total. The second kappa shape index (κ2) is 11.2. The lowest BCUT2D eigenvalue weighted by molar-refractivity contribution is 0.0637. The summed E-state index contributed by atoms with van der Waals surface area (Å²) in [4.78, 5) is 39.2. The quantitative estimate of drug-likeness (QED) is 0.174. The number of aromatic amines is 1. The Kier molecular flexibility index (Phi) is 6.76. The highest BCUT2D eigenvalue weighted by atomic mass is 32.1. The summed E-state index contributed by atoms with van der Waals surface area (Å²) in [5, 5.41) is 10.7. The molecule has 2 aromatic carbocycles. The fourth-order valence-corrected chi connectivity index (χ4v) is 10.0. The third kappa shape index (κ3) is 4.45. The lowest BCUT2D eigenvalue weighted by Gasteiger charge is -2.37. The van der Waals surface area contributed by atoms with Crippen molar-refractivity contribution < 1.29 is 27.1 Å². The Morgan fingerprint density at radius 3 is 2.67 bits per heavy atom. The molecule has 1 spiro atoms. The van der Waals surface area contributed by atoms with Gasteiger partial charge in [0.25, 0.3) is 11.8 Å². The molecule has 2 unspecified atom stereocenters. The third-order valence-electron chi connectivity index (χ3n) is 11.1. The first kappa shape index (κ1) is 31.3. The normalized spacial score (nSPS) is 22.4. The van der Waals surface area contributed by atoms with Crippen LogP contribution in [0.2, 0.25) is 0 Å². The number of nitrogens with zero attached hydrogens (tertiary/aromatic N) is 4. The van der Waals surface area contributed by atoms with Crippen LogP contribution in [0.1, 0.15) is 57.3 Å². The van der Waals surface area contributed by atoms with Crippen LogP contribution in [0.4, 0.5) is 19.0 Å². The molecule has 3 aliphatic heterocycles. The first-order valence-corrected chi connectivity index (χ1v) is 17.9. The van der Waals surface area contributed by atoms with Gasteiger partial charge >= 0.3 is 5.76 Å². The van der Waals surface area contributed by atoms with Gasteiger partial charge in [0.2, 0.25) is 0 Å². The van der Waals surface area contributed by atoms with Crippen LogP contribution in [0, 0.1) is 17.6 Å². The summed E-state index contributed by atoms with van der Waals surface area (Å²) in [5.74, 6) is -0.856. The average Bonchev–Trinajstić information content (AvgIpc) is 3.97. The topological polar surface area (TPSA) is 126 Å². The van der Waals surface area contributed by atoms with Gasteiger partial charge in [0.05, 0.1) is 45.9 Å². The zero-order valence-electron chi connectivity index (χ0n) is 27.6. The molecule has 0 radical (unpaired) electrons. The van der Waals surface area contributed by atoms with Crippen LogP contribution < -0.4 is 15.8 Å². The van der Waals surface area contributed by atoms with Crippen LogP contribution in [0.5, 0.6) is 5.75 Å². The molecule has 1 saturated carbocycles. The number of halogens is 3. The number of hydrogen-bond acceptors (Lipinski definition) is 9. The number of methoxy groups -OCH3 is 1. The number of alkyl halides is 1. The predicted molar refractivity (Wildman–Crippen MR) is 186 cm³/mol. The zero-order valence-corrected chi connectivity index (χ0v) is 28.5. The minimum absolute atomic E-state index is 0.00574. The predicted octanol–water partition coefficient (Wildman–Crippen LogP) is 6.90. The third-order valence-corrected chi connectivity index (χ3v) is 12.3. The van der Waals surface area contributed by atoms with Crippen molar-refractivity contribution in [2.75, 3.05) is 19.0 Å². The number of benzene rings is 2. The van der Waals surface area contributed by atoms with Crippen molar-refractivity contribution in [3.63, 3.8) is 0 Å². The molecule has 4 aromatic heterocycles. The van der Waals surface area contributed by atoms with E-state index in [2.05, 4.69) is 20.5 Å². The lowest BCUT2D eigenvalue weighted by Crippen LogP contribution is -2.40. The summed E-state index contributed by atoms with van der Waals surface area (Å²) in [5.41, 5.74) is 4.25. The highest BCUT2D eigenvalue weighted by Crippen LogP contribution is 2.63. The largest absolute Gasteiger partial charge is 0.493 e. The van der Waals surface area contributed by atoms with Gasteiger partial charge in [-0.2, -0.15) is 0 Å². The maximum absolute atomic E-state index is 15.7. The van der Waals surface area contributed by atoms with Crippen LogP contribution >= 0.6 is 11.3 Å². The molecule has 14 heteroatoms. The van der Waals surface area contributed by atoms with Gasteiger partial charge in [0.15, 0.2) is 11.6 Å². The highest BCUT2D eigenvalue weighted by Gasteiger charge is 2.65. The standard InChI is InChI=1S/C38H29F3N6O4S/c1-50-31-22-13-24(41)30(21(22)7-8-23(31)40)44-34-32-19(10-11-42-34)12-26(52-32)28-27(35-45-46-37(49)51-35)25(9-4-17-2-5-20(39)6-3-17)43-33-29(28)36(48)47-16-18-14-38(33,47)15-18/h2-3,5-8,10-12,18,24,30H,4,9,13-16H2,1H3,(H,42,44)(H,46,49). The molecule has 3 fully saturated rings. The zero-order chi connectivity index (χ0) is 35.5. The first-order valence-electron chi connectivity index (χ1n) is 17.1. The maximum atomic E-state index is 15.7. The summed E-state index contributed by atoms with van der Waals surface area (Å²) >= 11 is 1.37. The number of anilines is 1.